The fourth-order valence-corrected chi connectivity index (χ4v) is 1.95. The highest BCUT2D eigenvalue weighted by Crippen LogP contribution is 2.10. The zero-order valence-corrected chi connectivity index (χ0v) is 10.6. The molecule has 0 unspecified atom stereocenters. The van der Waals surface area contributed by atoms with Crippen molar-refractivity contribution in [2.45, 2.75) is 19.3 Å². The first-order valence-electron chi connectivity index (χ1n) is 6.18. The van der Waals surface area contributed by atoms with Crippen molar-refractivity contribution in [2.75, 3.05) is 32.1 Å². The zero-order valence-electron chi connectivity index (χ0n) is 10.6. The zero-order chi connectivity index (χ0) is 12.8. The largest absolute Gasteiger partial charge is 0.481 e. The molecule has 1 aromatic heterocycles. The van der Waals surface area contributed by atoms with Gasteiger partial charge in [0.05, 0.1) is 7.11 Å². The molecule has 0 saturated carbocycles. The van der Waals surface area contributed by atoms with Gasteiger partial charge in [0.2, 0.25) is 17.7 Å². The highest BCUT2D eigenvalue weighted by Gasteiger charge is 2.17. The van der Waals surface area contributed by atoms with E-state index in [0.717, 1.165) is 25.9 Å². The van der Waals surface area contributed by atoms with Gasteiger partial charge in [-0.2, -0.15) is 4.98 Å². The molecule has 1 fully saturated rings. The van der Waals surface area contributed by atoms with E-state index in [4.69, 9.17) is 4.74 Å². The number of carbonyl (C=O) groups is 1. The van der Waals surface area contributed by atoms with E-state index < -0.39 is 0 Å². The van der Waals surface area contributed by atoms with Gasteiger partial charge < -0.3 is 15.0 Å². The van der Waals surface area contributed by atoms with Crippen LogP contribution in [0.1, 0.15) is 19.3 Å². The van der Waals surface area contributed by atoms with Gasteiger partial charge in [0.15, 0.2) is 0 Å². The smallest absolute Gasteiger partial charge is 0.225 e. The lowest BCUT2D eigenvalue weighted by Gasteiger charge is -2.15. The lowest BCUT2D eigenvalue weighted by Crippen LogP contribution is -2.29. The van der Waals surface area contributed by atoms with Gasteiger partial charge in [0.1, 0.15) is 0 Å². The molecule has 2 rings (SSSR count). The SMILES string of the molecule is COc1ccnc(NCCC(=O)N2CCCC2)n1. The summed E-state index contributed by atoms with van der Waals surface area (Å²) in [4.78, 5) is 21.9. The number of likely N-dealkylation sites (tertiary alicyclic amines) is 1. The molecule has 2 heterocycles. The van der Waals surface area contributed by atoms with Crippen molar-refractivity contribution >= 4 is 11.9 Å². The van der Waals surface area contributed by atoms with E-state index in [1.54, 1.807) is 19.4 Å². The Hall–Kier alpha value is -1.85. The molecule has 1 N–H and O–H groups in total. The molecule has 0 atom stereocenters. The van der Waals surface area contributed by atoms with Crippen molar-refractivity contribution < 1.29 is 9.53 Å². The molecule has 0 spiro atoms. The van der Waals surface area contributed by atoms with Crippen LogP contribution >= 0.6 is 0 Å². The fourth-order valence-electron chi connectivity index (χ4n) is 1.95. The van der Waals surface area contributed by atoms with Crippen LogP contribution in [0.2, 0.25) is 0 Å². The van der Waals surface area contributed by atoms with Crippen LogP contribution < -0.4 is 10.1 Å². The first kappa shape index (κ1) is 12.6. The number of aromatic nitrogens is 2. The van der Waals surface area contributed by atoms with Crippen molar-refractivity contribution in [3.05, 3.63) is 12.3 Å². The minimum Gasteiger partial charge on any atom is -0.481 e. The molecular formula is C12H18N4O2. The molecule has 18 heavy (non-hydrogen) atoms. The highest BCUT2D eigenvalue weighted by molar-refractivity contribution is 5.76. The van der Waals surface area contributed by atoms with E-state index in [0.29, 0.717) is 24.8 Å². The van der Waals surface area contributed by atoms with Gasteiger partial charge in [-0.15, -0.1) is 0 Å². The van der Waals surface area contributed by atoms with Crippen LogP contribution in [-0.4, -0.2) is 47.5 Å². The molecule has 6 nitrogen and oxygen atoms in total. The average Bonchev–Trinajstić information content (AvgIpc) is 2.93. The number of hydrogen-bond donors (Lipinski definition) is 1. The number of methoxy groups -OCH3 is 1. The number of anilines is 1. The molecule has 6 heteroatoms. The van der Waals surface area contributed by atoms with E-state index in [9.17, 15) is 4.79 Å². The van der Waals surface area contributed by atoms with Gasteiger partial charge in [-0.25, -0.2) is 4.98 Å². The normalized spacial score (nSPS) is 14.6. The Morgan fingerprint density at radius 3 is 3.00 bits per heavy atom. The second-order valence-corrected chi connectivity index (χ2v) is 4.19. The maximum atomic E-state index is 11.8. The summed E-state index contributed by atoms with van der Waals surface area (Å²) in [5.41, 5.74) is 0. The van der Waals surface area contributed by atoms with Crippen molar-refractivity contribution in [2.24, 2.45) is 0 Å². The lowest BCUT2D eigenvalue weighted by atomic mass is 10.3. The lowest BCUT2D eigenvalue weighted by molar-refractivity contribution is -0.129. The van der Waals surface area contributed by atoms with E-state index >= 15 is 0 Å². The summed E-state index contributed by atoms with van der Waals surface area (Å²) in [5.74, 6) is 1.20. The van der Waals surface area contributed by atoms with Crippen LogP contribution in [0.15, 0.2) is 12.3 Å². The maximum absolute atomic E-state index is 11.8. The van der Waals surface area contributed by atoms with Crippen LogP contribution in [0.4, 0.5) is 5.95 Å². The van der Waals surface area contributed by atoms with Crippen LogP contribution in [0.25, 0.3) is 0 Å². The standard InChI is InChI=1S/C12H18N4O2/c1-18-10-4-6-13-12(15-10)14-7-5-11(17)16-8-2-3-9-16/h4,6H,2-3,5,7-9H2,1H3,(H,13,14,15). The van der Waals surface area contributed by atoms with Gasteiger partial charge in [0, 0.05) is 38.3 Å². The molecule has 1 aliphatic rings. The van der Waals surface area contributed by atoms with Crippen LogP contribution in [0.5, 0.6) is 5.88 Å². The third kappa shape index (κ3) is 3.32. The van der Waals surface area contributed by atoms with Gasteiger partial charge in [-0.05, 0) is 12.8 Å². The Bertz CT molecular complexity index is 405. The van der Waals surface area contributed by atoms with Gasteiger partial charge in [0.25, 0.3) is 0 Å². The molecule has 0 radical (unpaired) electrons. The minimum atomic E-state index is 0.197. The quantitative estimate of drug-likeness (QED) is 0.841. The topological polar surface area (TPSA) is 67.3 Å². The number of nitrogens with one attached hydrogen (secondary N) is 1. The Morgan fingerprint density at radius 1 is 1.50 bits per heavy atom. The number of amides is 1. The number of hydrogen-bond acceptors (Lipinski definition) is 5. The summed E-state index contributed by atoms with van der Waals surface area (Å²) in [6.07, 6.45) is 4.34. The fraction of sp³-hybridized carbons (Fsp3) is 0.583. The van der Waals surface area contributed by atoms with E-state index in [1.165, 1.54) is 0 Å². The van der Waals surface area contributed by atoms with Crippen molar-refractivity contribution in [1.29, 1.82) is 0 Å². The van der Waals surface area contributed by atoms with Gasteiger partial charge in [-0.1, -0.05) is 0 Å². The predicted molar refractivity (Wildman–Crippen MR) is 67.5 cm³/mol. The monoisotopic (exact) mass is 250 g/mol. The molecule has 0 bridgehead atoms. The summed E-state index contributed by atoms with van der Waals surface area (Å²) in [7, 11) is 1.56. The third-order valence-corrected chi connectivity index (χ3v) is 2.92. The van der Waals surface area contributed by atoms with Crippen molar-refractivity contribution in [3.8, 4) is 5.88 Å². The minimum absolute atomic E-state index is 0.197. The average molecular weight is 250 g/mol. The molecule has 1 saturated heterocycles. The first-order valence-corrected chi connectivity index (χ1v) is 6.18. The summed E-state index contributed by atoms with van der Waals surface area (Å²) < 4.78 is 5.00. The molecule has 0 aliphatic carbocycles. The number of rotatable bonds is 5. The predicted octanol–water partition coefficient (Wildman–Crippen LogP) is 0.910. The van der Waals surface area contributed by atoms with Gasteiger partial charge in [-0.3, -0.25) is 4.79 Å². The van der Waals surface area contributed by atoms with Crippen LogP contribution in [0, 0.1) is 0 Å². The first-order chi connectivity index (χ1) is 8.79. The number of carbonyl (C=O) groups excluding carboxylic acids is 1. The number of ether oxygens (including phenoxy) is 1. The highest BCUT2D eigenvalue weighted by atomic mass is 16.5. The Morgan fingerprint density at radius 2 is 2.28 bits per heavy atom. The summed E-state index contributed by atoms with van der Waals surface area (Å²) in [6.45, 7) is 2.34. The van der Waals surface area contributed by atoms with E-state index in [1.807, 2.05) is 4.90 Å². The third-order valence-electron chi connectivity index (χ3n) is 2.92. The molecule has 1 amide bonds. The molecule has 0 aromatic carbocycles. The van der Waals surface area contributed by atoms with Crippen molar-refractivity contribution in [1.82, 2.24) is 14.9 Å². The Balaban J connectivity index is 1.75. The molecular weight excluding hydrogens is 232 g/mol. The van der Waals surface area contributed by atoms with E-state index in [2.05, 4.69) is 15.3 Å². The second-order valence-electron chi connectivity index (χ2n) is 4.19. The van der Waals surface area contributed by atoms with E-state index in [-0.39, 0.29) is 5.91 Å². The summed E-state index contributed by atoms with van der Waals surface area (Å²) >= 11 is 0. The molecule has 1 aliphatic heterocycles. The summed E-state index contributed by atoms with van der Waals surface area (Å²) in [6, 6.07) is 1.68. The second kappa shape index (κ2) is 6.18. The molecule has 1 aromatic rings. The Kier molecular flexibility index (Phi) is 4.33. The van der Waals surface area contributed by atoms with Crippen LogP contribution in [-0.2, 0) is 4.79 Å². The maximum Gasteiger partial charge on any atom is 0.225 e. The van der Waals surface area contributed by atoms with Gasteiger partial charge >= 0.3 is 0 Å². The summed E-state index contributed by atoms with van der Waals surface area (Å²) in [5, 5.41) is 3.02. The molecule has 98 valence electrons. The number of nitrogens with zero attached hydrogens (tertiary/aromatic N) is 3. The van der Waals surface area contributed by atoms with Crippen molar-refractivity contribution in [3.63, 3.8) is 0 Å². The van der Waals surface area contributed by atoms with Crippen LogP contribution in [0.3, 0.4) is 0 Å². The Labute approximate surface area is 106 Å².